The van der Waals surface area contributed by atoms with E-state index in [1.165, 1.54) is 0 Å². The fourth-order valence-corrected chi connectivity index (χ4v) is 1.73. The lowest BCUT2D eigenvalue weighted by Crippen LogP contribution is -2.26. The number of rotatable bonds is 4. The largest absolute Gasteiger partial charge is 0.330 e. The van der Waals surface area contributed by atoms with Gasteiger partial charge in [-0.25, -0.2) is 4.98 Å². The topological polar surface area (TPSA) is 38.9 Å². The summed E-state index contributed by atoms with van der Waals surface area (Å²) < 4.78 is 0. The van der Waals surface area contributed by atoms with Crippen LogP contribution in [0, 0.1) is 5.41 Å². The summed E-state index contributed by atoms with van der Waals surface area (Å²) in [6, 6.07) is 0. The van der Waals surface area contributed by atoms with Crippen LogP contribution < -0.4 is 5.73 Å². The summed E-state index contributed by atoms with van der Waals surface area (Å²) in [5, 5.41) is 3.11. The van der Waals surface area contributed by atoms with Gasteiger partial charge in [-0.1, -0.05) is 13.0 Å². The molecule has 0 amide bonds. The highest BCUT2D eigenvalue weighted by Crippen LogP contribution is 2.23. The van der Waals surface area contributed by atoms with Crippen LogP contribution in [0.1, 0.15) is 11.9 Å². The van der Waals surface area contributed by atoms with Gasteiger partial charge in [-0.2, -0.15) is 0 Å². The molecular weight excluding hydrogens is 168 g/mol. The SMILES string of the molecule is C=CC(C)(CN)Cc1nccs1. The van der Waals surface area contributed by atoms with Crippen LogP contribution in [-0.4, -0.2) is 11.5 Å². The fraction of sp³-hybridized carbons (Fsp3) is 0.444. The first-order valence-electron chi connectivity index (χ1n) is 3.92. The third-order valence-electron chi connectivity index (χ3n) is 2.00. The van der Waals surface area contributed by atoms with Crippen LogP contribution in [0.25, 0.3) is 0 Å². The van der Waals surface area contributed by atoms with Crippen molar-refractivity contribution in [2.75, 3.05) is 6.54 Å². The maximum atomic E-state index is 5.64. The third-order valence-corrected chi connectivity index (χ3v) is 2.78. The van der Waals surface area contributed by atoms with Gasteiger partial charge >= 0.3 is 0 Å². The van der Waals surface area contributed by atoms with Crippen molar-refractivity contribution in [3.63, 3.8) is 0 Å². The molecule has 1 rings (SSSR count). The number of hydrogen-bond acceptors (Lipinski definition) is 3. The monoisotopic (exact) mass is 182 g/mol. The Morgan fingerprint density at radius 2 is 2.58 bits per heavy atom. The quantitative estimate of drug-likeness (QED) is 0.722. The molecule has 0 saturated carbocycles. The van der Waals surface area contributed by atoms with Crippen LogP contribution in [-0.2, 0) is 6.42 Å². The van der Waals surface area contributed by atoms with Gasteiger partial charge in [-0.05, 0) is 0 Å². The molecular formula is C9H14N2S. The summed E-state index contributed by atoms with van der Waals surface area (Å²) in [6.07, 6.45) is 4.62. The molecule has 66 valence electrons. The highest BCUT2D eigenvalue weighted by Gasteiger charge is 2.19. The van der Waals surface area contributed by atoms with E-state index in [-0.39, 0.29) is 5.41 Å². The molecule has 1 unspecified atom stereocenters. The van der Waals surface area contributed by atoms with Gasteiger partial charge in [0.1, 0.15) is 0 Å². The second-order valence-corrected chi connectivity index (χ2v) is 4.14. The normalized spacial score (nSPS) is 15.5. The molecule has 0 spiro atoms. The average molecular weight is 182 g/mol. The van der Waals surface area contributed by atoms with Crippen molar-refractivity contribution in [1.82, 2.24) is 4.98 Å². The average Bonchev–Trinajstić information content (AvgIpc) is 2.57. The number of nitrogens with zero attached hydrogens (tertiary/aromatic N) is 1. The van der Waals surface area contributed by atoms with E-state index in [9.17, 15) is 0 Å². The van der Waals surface area contributed by atoms with Crippen LogP contribution in [0.3, 0.4) is 0 Å². The molecule has 1 heterocycles. The summed E-state index contributed by atoms with van der Waals surface area (Å²) >= 11 is 1.67. The van der Waals surface area contributed by atoms with Crippen molar-refractivity contribution in [2.24, 2.45) is 11.1 Å². The van der Waals surface area contributed by atoms with Gasteiger partial charge < -0.3 is 5.73 Å². The summed E-state index contributed by atoms with van der Waals surface area (Å²) in [4.78, 5) is 4.21. The first kappa shape index (κ1) is 9.42. The molecule has 12 heavy (non-hydrogen) atoms. The highest BCUT2D eigenvalue weighted by molar-refractivity contribution is 7.09. The Kier molecular flexibility index (Phi) is 3.00. The van der Waals surface area contributed by atoms with Gasteiger partial charge in [0, 0.05) is 30.0 Å². The summed E-state index contributed by atoms with van der Waals surface area (Å²) in [5.41, 5.74) is 5.64. The molecule has 2 N–H and O–H groups in total. The molecule has 0 aromatic carbocycles. The molecule has 1 aromatic heterocycles. The molecule has 3 heteroatoms. The predicted molar refractivity (Wildman–Crippen MR) is 53.2 cm³/mol. The van der Waals surface area contributed by atoms with Gasteiger partial charge in [-0.15, -0.1) is 17.9 Å². The van der Waals surface area contributed by atoms with Crippen LogP contribution in [0.5, 0.6) is 0 Å². The Labute approximate surface area is 77.1 Å². The molecule has 0 saturated heterocycles. The lowest BCUT2D eigenvalue weighted by Gasteiger charge is -2.21. The van der Waals surface area contributed by atoms with Gasteiger partial charge in [0.2, 0.25) is 0 Å². The zero-order valence-corrected chi connectivity index (χ0v) is 8.10. The molecule has 0 aliphatic carbocycles. The Bertz CT molecular complexity index is 243. The fourth-order valence-electron chi connectivity index (χ4n) is 0.913. The van der Waals surface area contributed by atoms with Crippen LogP contribution >= 0.6 is 11.3 Å². The van der Waals surface area contributed by atoms with Gasteiger partial charge in [0.25, 0.3) is 0 Å². The minimum atomic E-state index is -0.00213. The molecule has 1 aromatic rings. The molecule has 0 aliphatic rings. The zero-order valence-electron chi connectivity index (χ0n) is 7.29. The summed E-state index contributed by atoms with van der Waals surface area (Å²) in [7, 11) is 0. The van der Waals surface area contributed by atoms with Gasteiger partial charge in [0.05, 0.1) is 5.01 Å². The Morgan fingerprint density at radius 1 is 1.83 bits per heavy atom. The van der Waals surface area contributed by atoms with E-state index in [2.05, 4.69) is 18.5 Å². The lowest BCUT2D eigenvalue weighted by molar-refractivity contribution is 0.438. The minimum absolute atomic E-state index is 0.00213. The Balaban J connectivity index is 2.66. The van der Waals surface area contributed by atoms with Crippen molar-refractivity contribution in [3.8, 4) is 0 Å². The van der Waals surface area contributed by atoms with Crippen molar-refractivity contribution in [3.05, 3.63) is 29.2 Å². The summed E-state index contributed by atoms with van der Waals surface area (Å²) in [6.45, 7) is 6.50. The van der Waals surface area contributed by atoms with Crippen molar-refractivity contribution in [2.45, 2.75) is 13.3 Å². The molecule has 0 fully saturated rings. The zero-order chi connectivity index (χ0) is 9.03. The first-order valence-corrected chi connectivity index (χ1v) is 4.80. The van der Waals surface area contributed by atoms with Crippen LogP contribution in [0.2, 0.25) is 0 Å². The molecule has 0 bridgehead atoms. The van der Waals surface area contributed by atoms with E-state index in [0.717, 1.165) is 11.4 Å². The highest BCUT2D eigenvalue weighted by atomic mass is 32.1. The second kappa shape index (κ2) is 3.83. The maximum Gasteiger partial charge on any atom is 0.0933 e. The number of hydrogen-bond donors (Lipinski definition) is 1. The minimum Gasteiger partial charge on any atom is -0.330 e. The van der Waals surface area contributed by atoms with Gasteiger partial charge in [-0.3, -0.25) is 0 Å². The smallest absolute Gasteiger partial charge is 0.0933 e. The predicted octanol–water partition coefficient (Wildman–Crippen LogP) is 1.84. The first-order chi connectivity index (χ1) is 5.70. The van der Waals surface area contributed by atoms with E-state index < -0.39 is 0 Å². The Hall–Kier alpha value is -0.670. The van der Waals surface area contributed by atoms with Crippen molar-refractivity contribution < 1.29 is 0 Å². The van der Waals surface area contributed by atoms with E-state index in [1.54, 1.807) is 11.3 Å². The van der Waals surface area contributed by atoms with E-state index in [1.807, 2.05) is 17.7 Å². The van der Waals surface area contributed by atoms with Crippen LogP contribution in [0.15, 0.2) is 24.2 Å². The van der Waals surface area contributed by atoms with Crippen molar-refractivity contribution >= 4 is 11.3 Å². The number of aromatic nitrogens is 1. The molecule has 0 radical (unpaired) electrons. The van der Waals surface area contributed by atoms with Crippen molar-refractivity contribution in [1.29, 1.82) is 0 Å². The number of nitrogens with two attached hydrogens (primary N) is 1. The van der Waals surface area contributed by atoms with Crippen LogP contribution in [0.4, 0.5) is 0 Å². The standard InChI is InChI=1S/C9H14N2S/c1-3-9(2,7-10)6-8-11-4-5-12-8/h3-5H,1,6-7,10H2,2H3. The second-order valence-electron chi connectivity index (χ2n) is 3.16. The lowest BCUT2D eigenvalue weighted by atomic mass is 9.87. The molecule has 2 nitrogen and oxygen atoms in total. The van der Waals surface area contributed by atoms with E-state index in [4.69, 9.17) is 5.73 Å². The van der Waals surface area contributed by atoms with Gasteiger partial charge in [0.15, 0.2) is 0 Å². The molecule has 1 atom stereocenters. The van der Waals surface area contributed by atoms with E-state index >= 15 is 0 Å². The van der Waals surface area contributed by atoms with E-state index in [0.29, 0.717) is 6.54 Å². The Morgan fingerprint density at radius 3 is 3.00 bits per heavy atom. The summed E-state index contributed by atoms with van der Waals surface area (Å²) in [5.74, 6) is 0. The maximum absolute atomic E-state index is 5.64. The third kappa shape index (κ3) is 2.16. The number of thiazole rings is 1. The molecule has 0 aliphatic heterocycles.